The van der Waals surface area contributed by atoms with Gasteiger partial charge in [-0.3, -0.25) is 4.79 Å². The van der Waals surface area contributed by atoms with Crippen LogP contribution in [0.3, 0.4) is 0 Å². The minimum absolute atomic E-state index is 0. The summed E-state index contributed by atoms with van der Waals surface area (Å²) in [5, 5.41) is 15.0. The van der Waals surface area contributed by atoms with Crippen LogP contribution in [-0.4, -0.2) is 30.2 Å². The Balaban J connectivity index is 0.00000180. The smallest absolute Gasteiger partial charge is 0.241 e. The predicted octanol–water partition coefficient (Wildman–Crippen LogP) is 1.72. The number of anilines is 1. The van der Waals surface area contributed by atoms with Crippen LogP contribution >= 0.6 is 12.4 Å². The van der Waals surface area contributed by atoms with E-state index in [1.54, 1.807) is 0 Å². The minimum Gasteiger partial charge on any atom is -0.396 e. The van der Waals surface area contributed by atoms with Gasteiger partial charge in [-0.1, -0.05) is 18.6 Å². The second kappa shape index (κ2) is 8.15. The molecule has 3 N–H and O–H groups in total. The summed E-state index contributed by atoms with van der Waals surface area (Å²) in [6.45, 7) is 1.07. The van der Waals surface area contributed by atoms with E-state index in [0.29, 0.717) is 6.42 Å². The van der Waals surface area contributed by atoms with Gasteiger partial charge in [-0.2, -0.15) is 0 Å². The first-order valence-electron chi connectivity index (χ1n) is 6.53. The first kappa shape index (κ1) is 16.0. The van der Waals surface area contributed by atoms with E-state index < -0.39 is 0 Å². The van der Waals surface area contributed by atoms with Gasteiger partial charge in [0.25, 0.3) is 0 Å². The van der Waals surface area contributed by atoms with Crippen molar-refractivity contribution >= 4 is 24.0 Å². The number of amides is 1. The van der Waals surface area contributed by atoms with Crippen LogP contribution in [0.25, 0.3) is 0 Å². The highest BCUT2D eigenvalue weighted by Gasteiger charge is 2.20. The van der Waals surface area contributed by atoms with E-state index >= 15 is 0 Å². The van der Waals surface area contributed by atoms with Crippen LogP contribution < -0.4 is 10.6 Å². The van der Waals surface area contributed by atoms with Gasteiger partial charge in [0, 0.05) is 12.3 Å². The van der Waals surface area contributed by atoms with Crippen LogP contribution in [0.5, 0.6) is 0 Å². The lowest BCUT2D eigenvalue weighted by molar-refractivity contribution is -0.118. The predicted molar refractivity (Wildman–Crippen MR) is 78.8 cm³/mol. The third-order valence-electron chi connectivity index (χ3n) is 3.25. The second-order valence-corrected chi connectivity index (χ2v) is 4.66. The maximum Gasteiger partial charge on any atom is 0.241 e. The third-order valence-corrected chi connectivity index (χ3v) is 3.25. The average molecular weight is 285 g/mol. The van der Waals surface area contributed by atoms with Crippen LogP contribution in [0, 0.1) is 0 Å². The molecule has 2 rings (SSSR count). The number of carbonyl (C=O) groups is 1. The molecule has 5 heteroatoms. The molecule has 1 aromatic rings. The molecule has 1 heterocycles. The van der Waals surface area contributed by atoms with Crippen LogP contribution in [0.1, 0.15) is 24.8 Å². The van der Waals surface area contributed by atoms with Crippen LogP contribution in [-0.2, 0) is 11.2 Å². The first-order valence-corrected chi connectivity index (χ1v) is 6.53. The van der Waals surface area contributed by atoms with Gasteiger partial charge in [-0.15, -0.1) is 12.4 Å². The van der Waals surface area contributed by atoms with Gasteiger partial charge in [-0.05, 0) is 43.5 Å². The highest BCUT2D eigenvalue weighted by molar-refractivity contribution is 5.94. The number of benzene rings is 1. The standard InChI is InChI=1S/C14H20N2O2.ClH/c17-10-8-11-4-6-12(7-5-11)16-14(18)13-3-1-2-9-15-13;/h4-7,13,15,17H,1-3,8-10H2,(H,16,18);1H. The summed E-state index contributed by atoms with van der Waals surface area (Å²) in [4.78, 5) is 12.0. The molecule has 4 nitrogen and oxygen atoms in total. The molecule has 0 saturated carbocycles. The number of aliphatic hydroxyl groups excluding tert-OH is 1. The fourth-order valence-electron chi connectivity index (χ4n) is 2.19. The number of aliphatic hydroxyl groups is 1. The summed E-state index contributed by atoms with van der Waals surface area (Å²) < 4.78 is 0. The van der Waals surface area contributed by atoms with Crippen molar-refractivity contribution in [3.63, 3.8) is 0 Å². The van der Waals surface area contributed by atoms with Gasteiger partial charge in [0.15, 0.2) is 0 Å². The molecule has 1 aliphatic rings. The Hall–Kier alpha value is -1.10. The van der Waals surface area contributed by atoms with Crippen LogP contribution in [0.2, 0.25) is 0 Å². The molecule has 1 fully saturated rings. The number of halogens is 1. The van der Waals surface area contributed by atoms with E-state index in [4.69, 9.17) is 5.11 Å². The Morgan fingerprint density at radius 2 is 2.05 bits per heavy atom. The zero-order chi connectivity index (χ0) is 12.8. The van der Waals surface area contributed by atoms with E-state index in [-0.39, 0.29) is 31.0 Å². The normalized spacial score (nSPS) is 18.5. The molecule has 106 valence electrons. The lowest BCUT2D eigenvalue weighted by Crippen LogP contribution is -2.43. The van der Waals surface area contributed by atoms with Gasteiger partial charge in [-0.25, -0.2) is 0 Å². The zero-order valence-corrected chi connectivity index (χ0v) is 11.7. The summed E-state index contributed by atoms with van der Waals surface area (Å²) in [7, 11) is 0. The lowest BCUT2D eigenvalue weighted by atomic mass is 10.0. The van der Waals surface area contributed by atoms with E-state index in [1.165, 1.54) is 0 Å². The number of nitrogens with one attached hydrogen (secondary N) is 2. The average Bonchev–Trinajstić information content (AvgIpc) is 2.42. The highest BCUT2D eigenvalue weighted by Crippen LogP contribution is 2.13. The Bertz CT molecular complexity index is 389. The third kappa shape index (κ3) is 4.82. The number of hydrogen-bond acceptors (Lipinski definition) is 3. The molecule has 19 heavy (non-hydrogen) atoms. The molecular weight excluding hydrogens is 264 g/mol. The molecular formula is C14H21ClN2O2. The first-order chi connectivity index (χ1) is 8.79. The number of hydrogen-bond donors (Lipinski definition) is 3. The fourth-order valence-corrected chi connectivity index (χ4v) is 2.19. The van der Waals surface area contributed by atoms with Crippen molar-refractivity contribution < 1.29 is 9.90 Å². The summed E-state index contributed by atoms with van der Waals surface area (Å²) in [6, 6.07) is 7.56. The molecule has 0 bridgehead atoms. The van der Waals surface area contributed by atoms with Crippen molar-refractivity contribution in [2.45, 2.75) is 31.7 Å². The summed E-state index contributed by atoms with van der Waals surface area (Å²) in [5.74, 6) is 0.0459. The molecule has 1 amide bonds. The molecule has 1 saturated heterocycles. The van der Waals surface area contributed by atoms with Crippen molar-refractivity contribution in [1.29, 1.82) is 0 Å². The van der Waals surface area contributed by atoms with Crippen molar-refractivity contribution in [3.05, 3.63) is 29.8 Å². The van der Waals surface area contributed by atoms with Crippen LogP contribution in [0.4, 0.5) is 5.69 Å². The molecule has 0 radical (unpaired) electrons. The SMILES string of the molecule is Cl.O=C(Nc1ccc(CCO)cc1)C1CCCCN1. The van der Waals surface area contributed by atoms with E-state index in [0.717, 1.165) is 37.1 Å². The van der Waals surface area contributed by atoms with Gasteiger partial charge in [0.2, 0.25) is 5.91 Å². The molecule has 0 spiro atoms. The Labute approximate surface area is 120 Å². The van der Waals surface area contributed by atoms with Gasteiger partial charge in [0.1, 0.15) is 0 Å². The lowest BCUT2D eigenvalue weighted by Gasteiger charge is -2.22. The number of piperidine rings is 1. The zero-order valence-electron chi connectivity index (χ0n) is 10.9. The molecule has 1 atom stereocenters. The van der Waals surface area contributed by atoms with Crippen molar-refractivity contribution in [2.75, 3.05) is 18.5 Å². The van der Waals surface area contributed by atoms with Crippen molar-refractivity contribution in [2.24, 2.45) is 0 Å². The van der Waals surface area contributed by atoms with E-state index in [1.807, 2.05) is 24.3 Å². The number of rotatable bonds is 4. The fraction of sp³-hybridized carbons (Fsp3) is 0.500. The maximum absolute atomic E-state index is 12.0. The van der Waals surface area contributed by atoms with Crippen molar-refractivity contribution in [1.82, 2.24) is 5.32 Å². The van der Waals surface area contributed by atoms with Gasteiger partial charge >= 0.3 is 0 Å². The monoisotopic (exact) mass is 284 g/mol. The topological polar surface area (TPSA) is 61.4 Å². The largest absolute Gasteiger partial charge is 0.396 e. The van der Waals surface area contributed by atoms with E-state index in [9.17, 15) is 4.79 Å². The molecule has 0 aliphatic carbocycles. The second-order valence-electron chi connectivity index (χ2n) is 4.66. The minimum atomic E-state index is -0.0594. The summed E-state index contributed by atoms with van der Waals surface area (Å²) >= 11 is 0. The van der Waals surface area contributed by atoms with Gasteiger partial charge in [0.05, 0.1) is 6.04 Å². The highest BCUT2D eigenvalue weighted by atomic mass is 35.5. The quantitative estimate of drug-likeness (QED) is 0.789. The molecule has 1 unspecified atom stereocenters. The molecule has 1 aromatic carbocycles. The Kier molecular flexibility index (Phi) is 6.84. The van der Waals surface area contributed by atoms with E-state index in [2.05, 4.69) is 10.6 Å². The summed E-state index contributed by atoms with van der Waals surface area (Å²) in [6.07, 6.45) is 3.83. The molecule has 1 aliphatic heterocycles. The number of carbonyl (C=O) groups excluding carboxylic acids is 1. The van der Waals surface area contributed by atoms with Crippen LogP contribution in [0.15, 0.2) is 24.3 Å². The Morgan fingerprint density at radius 1 is 1.32 bits per heavy atom. The summed E-state index contributed by atoms with van der Waals surface area (Å²) in [5.41, 5.74) is 1.89. The van der Waals surface area contributed by atoms with Crippen molar-refractivity contribution in [3.8, 4) is 0 Å². The maximum atomic E-state index is 12.0. The Morgan fingerprint density at radius 3 is 2.63 bits per heavy atom. The molecule has 0 aromatic heterocycles. The van der Waals surface area contributed by atoms with Gasteiger partial charge < -0.3 is 15.7 Å².